The van der Waals surface area contributed by atoms with Gasteiger partial charge in [0.05, 0.1) is 6.61 Å². The third kappa shape index (κ3) is 4.45. The standard InChI is InChI=1S/C13H18O3/c1-2-11-6-3-4-7-12(11)10-16-9-5-8-13(14)15/h3-4,6-7H,2,5,8-10H2,1H3,(H,14,15). The maximum atomic E-state index is 10.3. The first-order valence-electron chi connectivity index (χ1n) is 5.60. The van der Waals surface area contributed by atoms with E-state index >= 15 is 0 Å². The average Bonchev–Trinajstić information content (AvgIpc) is 2.29. The van der Waals surface area contributed by atoms with E-state index in [9.17, 15) is 4.79 Å². The van der Waals surface area contributed by atoms with Crippen molar-refractivity contribution < 1.29 is 14.6 Å². The van der Waals surface area contributed by atoms with E-state index in [0.29, 0.717) is 19.6 Å². The molecule has 0 heterocycles. The number of carbonyl (C=O) groups is 1. The summed E-state index contributed by atoms with van der Waals surface area (Å²) >= 11 is 0. The monoisotopic (exact) mass is 222 g/mol. The SMILES string of the molecule is CCc1ccccc1COCCCC(=O)O. The molecule has 1 rings (SSSR count). The molecule has 0 aliphatic heterocycles. The van der Waals surface area contributed by atoms with Crippen LogP contribution >= 0.6 is 0 Å². The summed E-state index contributed by atoms with van der Waals surface area (Å²) in [5.41, 5.74) is 2.49. The van der Waals surface area contributed by atoms with Gasteiger partial charge in [-0.1, -0.05) is 31.2 Å². The minimum atomic E-state index is -0.766. The van der Waals surface area contributed by atoms with Crippen molar-refractivity contribution in [3.05, 3.63) is 35.4 Å². The Balaban J connectivity index is 2.28. The highest BCUT2D eigenvalue weighted by Crippen LogP contribution is 2.10. The van der Waals surface area contributed by atoms with Gasteiger partial charge < -0.3 is 9.84 Å². The van der Waals surface area contributed by atoms with Crippen LogP contribution in [-0.2, 0) is 22.6 Å². The summed E-state index contributed by atoms with van der Waals surface area (Å²) in [5.74, 6) is -0.766. The van der Waals surface area contributed by atoms with Crippen molar-refractivity contribution in [1.29, 1.82) is 0 Å². The highest BCUT2D eigenvalue weighted by molar-refractivity contribution is 5.66. The lowest BCUT2D eigenvalue weighted by Gasteiger charge is -2.07. The summed E-state index contributed by atoms with van der Waals surface area (Å²) in [7, 11) is 0. The molecule has 0 aromatic heterocycles. The summed E-state index contributed by atoms with van der Waals surface area (Å²) in [4.78, 5) is 10.3. The van der Waals surface area contributed by atoms with E-state index in [-0.39, 0.29) is 6.42 Å². The molecule has 0 bridgehead atoms. The van der Waals surface area contributed by atoms with Crippen LogP contribution < -0.4 is 0 Å². The molecule has 0 atom stereocenters. The summed E-state index contributed by atoms with van der Waals surface area (Å²) in [5, 5.41) is 8.46. The predicted molar refractivity (Wildman–Crippen MR) is 62.3 cm³/mol. The lowest BCUT2D eigenvalue weighted by atomic mass is 10.1. The fourth-order valence-corrected chi connectivity index (χ4v) is 1.55. The predicted octanol–water partition coefficient (Wildman–Crippen LogP) is 2.63. The molecule has 88 valence electrons. The molecular formula is C13H18O3. The van der Waals surface area contributed by atoms with Gasteiger partial charge in [-0.2, -0.15) is 0 Å². The quantitative estimate of drug-likeness (QED) is 0.721. The molecule has 0 aliphatic rings. The molecule has 1 N–H and O–H groups in total. The van der Waals surface area contributed by atoms with E-state index in [2.05, 4.69) is 19.1 Å². The fraction of sp³-hybridized carbons (Fsp3) is 0.462. The van der Waals surface area contributed by atoms with Gasteiger partial charge in [-0.05, 0) is 24.0 Å². The second-order valence-electron chi connectivity index (χ2n) is 3.67. The molecule has 0 unspecified atom stereocenters. The molecule has 0 aliphatic carbocycles. The Labute approximate surface area is 96.1 Å². The van der Waals surface area contributed by atoms with Gasteiger partial charge in [0.1, 0.15) is 0 Å². The van der Waals surface area contributed by atoms with Crippen LogP contribution in [0.4, 0.5) is 0 Å². The zero-order valence-electron chi connectivity index (χ0n) is 9.61. The second kappa shape index (κ2) is 7.01. The number of hydrogen-bond donors (Lipinski definition) is 1. The number of ether oxygens (including phenoxy) is 1. The van der Waals surface area contributed by atoms with Crippen LogP contribution in [0.25, 0.3) is 0 Å². The average molecular weight is 222 g/mol. The van der Waals surface area contributed by atoms with E-state index in [1.54, 1.807) is 0 Å². The molecular weight excluding hydrogens is 204 g/mol. The Bertz CT molecular complexity index is 334. The number of benzene rings is 1. The smallest absolute Gasteiger partial charge is 0.303 e. The number of rotatable bonds is 7. The van der Waals surface area contributed by atoms with Crippen molar-refractivity contribution in [3.8, 4) is 0 Å². The normalized spacial score (nSPS) is 10.3. The van der Waals surface area contributed by atoms with Crippen LogP contribution in [0.1, 0.15) is 30.9 Å². The Morgan fingerprint density at radius 2 is 2.00 bits per heavy atom. The van der Waals surface area contributed by atoms with Crippen molar-refractivity contribution in [2.24, 2.45) is 0 Å². The van der Waals surface area contributed by atoms with Crippen LogP contribution in [-0.4, -0.2) is 17.7 Å². The van der Waals surface area contributed by atoms with Gasteiger partial charge in [0.25, 0.3) is 0 Å². The summed E-state index contributed by atoms with van der Waals surface area (Å²) < 4.78 is 5.45. The molecule has 0 fully saturated rings. The largest absolute Gasteiger partial charge is 0.481 e. The molecule has 0 amide bonds. The number of aliphatic carboxylic acids is 1. The zero-order chi connectivity index (χ0) is 11.8. The molecule has 3 heteroatoms. The number of hydrogen-bond acceptors (Lipinski definition) is 2. The van der Waals surface area contributed by atoms with Crippen molar-refractivity contribution in [1.82, 2.24) is 0 Å². The summed E-state index contributed by atoms with van der Waals surface area (Å²) in [6, 6.07) is 8.16. The van der Waals surface area contributed by atoms with Crippen LogP contribution in [0.5, 0.6) is 0 Å². The number of carboxylic acid groups (broad SMARTS) is 1. The maximum absolute atomic E-state index is 10.3. The van der Waals surface area contributed by atoms with Gasteiger partial charge in [-0.25, -0.2) is 0 Å². The number of carboxylic acids is 1. The lowest BCUT2D eigenvalue weighted by Crippen LogP contribution is -2.01. The first-order valence-corrected chi connectivity index (χ1v) is 5.60. The molecule has 0 spiro atoms. The summed E-state index contributed by atoms with van der Waals surface area (Å²) in [6.45, 7) is 3.19. The van der Waals surface area contributed by atoms with Gasteiger partial charge in [0.15, 0.2) is 0 Å². The molecule has 1 aromatic rings. The molecule has 0 saturated heterocycles. The van der Waals surface area contributed by atoms with Gasteiger partial charge in [0, 0.05) is 13.0 Å². The molecule has 16 heavy (non-hydrogen) atoms. The topological polar surface area (TPSA) is 46.5 Å². The minimum absolute atomic E-state index is 0.176. The van der Waals surface area contributed by atoms with E-state index in [0.717, 1.165) is 6.42 Å². The van der Waals surface area contributed by atoms with Crippen molar-refractivity contribution in [2.45, 2.75) is 32.8 Å². The van der Waals surface area contributed by atoms with Gasteiger partial charge in [0.2, 0.25) is 0 Å². The van der Waals surface area contributed by atoms with E-state index in [4.69, 9.17) is 9.84 Å². The van der Waals surface area contributed by atoms with Crippen molar-refractivity contribution >= 4 is 5.97 Å². The third-order valence-corrected chi connectivity index (χ3v) is 2.44. The number of aryl methyl sites for hydroxylation is 1. The highest BCUT2D eigenvalue weighted by atomic mass is 16.5. The first-order chi connectivity index (χ1) is 7.74. The van der Waals surface area contributed by atoms with E-state index in [1.807, 2.05) is 12.1 Å². The molecule has 1 aromatic carbocycles. The molecule has 3 nitrogen and oxygen atoms in total. The fourth-order valence-electron chi connectivity index (χ4n) is 1.55. The lowest BCUT2D eigenvalue weighted by molar-refractivity contribution is -0.137. The van der Waals surface area contributed by atoms with E-state index in [1.165, 1.54) is 11.1 Å². The van der Waals surface area contributed by atoms with Crippen molar-refractivity contribution in [2.75, 3.05) is 6.61 Å². The maximum Gasteiger partial charge on any atom is 0.303 e. The van der Waals surface area contributed by atoms with Crippen LogP contribution in [0.15, 0.2) is 24.3 Å². The Hall–Kier alpha value is -1.35. The van der Waals surface area contributed by atoms with E-state index < -0.39 is 5.97 Å². The second-order valence-corrected chi connectivity index (χ2v) is 3.67. The van der Waals surface area contributed by atoms with Gasteiger partial charge >= 0.3 is 5.97 Å². The van der Waals surface area contributed by atoms with Crippen LogP contribution in [0, 0.1) is 0 Å². The molecule has 0 radical (unpaired) electrons. The van der Waals surface area contributed by atoms with Gasteiger partial charge in [-0.15, -0.1) is 0 Å². The van der Waals surface area contributed by atoms with Gasteiger partial charge in [-0.3, -0.25) is 4.79 Å². The Morgan fingerprint density at radius 3 is 2.62 bits per heavy atom. The molecule has 0 saturated carbocycles. The van der Waals surface area contributed by atoms with Crippen molar-refractivity contribution in [3.63, 3.8) is 0 Å². The Kier molecular flexibility index (Phi) is 5.57. The first kappa shape index (κ1) is 12.7. The third-order valence-electron chi connectivity index (χ3n) is 2.44. The summed E-state index contributed by atoms with van der Waals surface area (Å²) in [6.07, 6.45) is 1.74. The minimum Gasteiger partial charge on any atom is -0.481 e. The highest BCUT2D eigenvalue weighted by Gasteiger charge is 2.00. The van der Waals surface area contributed by atoms with Crippen LogP contribution in [0.3, 0.4) is 0 Å². The Morgan fingerprint density at radius 1 is 1.31 bits per heavy atom. The van der Waals surface area contributed by atoms with Crippen LogP contribution in [0.2, 0.25) is 0 Å². The zero-order valence-corrected chi connectivity index (χ0v) is 9.61.